The third-order valence-corrected chi connectivity index (χ3v) is 8.61. The summed E-state index contributed by atoms with van der Waals surface area (Å²) in [5.41, 5.74) is 2.94. The number of hydrogen-bond acceptors (Lipinski definition) is 3. The quantitative estimate of drug-likeness (QED) is 0.209. The molecule has 168 valence electrons. The molecule has 4 heteroatoms. The Labute approximate surface area is 190 Å². The third kappa shape index (κ3) is 10.2. The first kappa shape index (κ1) is 25.2. The van der Waals surface area contributed by atoms with Crippen LogP contribution < -0.4 is 4.74 Å². The van der Waals surface area contributed by atoms with Crippen LogP contribution in [0, 0.1) is 11.3 Å². The van der Waals surface area contributed by atoms with E-state index < -0.39 is 8.32 Å². The molecule has 0 atom stereocenters. The normalized spacial score (nSPS) is 11.3. The van der Waals surface area contributed by atoms with Gasteiger partial charge < -0.3 is 9.16 Å². The lowest BCUT2D eigenvalue weighted by Gasteiger charge is -2.19. The van der Waals surface area contributed by atoms with E-state index >= 15 is 0 Å². The molecule has 0 N–H and O–H groups in total. The number of hydrogen-bond donors (Lipinski definition) is 0. The highest BCUT2D eigenvalue weighted by molar-refractivity contribution is 6.71. The van der Waals surface area contributed by atoms with Gasteiger partial charge in [0.25, 0.3) is 0 Å². The van der Waals surface area contributed by atoms with Crippen LogP contribution in [0.3, 0.4) is 0 Å². The first-order chi connectivity index (χ1) is 15.0. The van der Waals surface area contributed by atoms with Gasteiger partial charge in [-0.2, -0.15) is 5.26 Å². The van der Waals surface area contributed by atoms with Crippen molar-refractivity contribution in [2.24, 2.45) is 0 Å². The molecule has 0 aromatic heterocycles. The van der Waals surface area contributed by atoms with Crippen LogP contribution in [-0.2, 0) is 4.43 Å². The molecule has 0 spiro atoms. The fourth-order valence-corrected chi connectivity index (χ4v) is 4.97. The Bertz CT molecular complexity index is 778. The zero-order valence-corrected chi connectivity index (χ0v) is 20.7. The van der Waals surface area contributed by atoms with Crippen LogP contribution >= 0.6 is 0 Å². The molecule has 0 aliphatic carbocycles. The summed E-state index contributed by atoms with van der Waals surface area (Å²) < 4.78 is 11.5. The highest BCUT2D eigenvalue weighted by Crippen LogP contribution is 2.23. The number of unbranched alkanes of at least 4 members (excludes halogenated alkanes) is 8. The second kappa shape index (κ2) is 14.1. The highest BCUT2D eigenvalue weighted by atomic mass is 28.4. The lowest BCUT2D eigenvalue weighted by atomic mass is 10.0. The summed E-state index contributed by atoms with van der Waals surface area (Å²) in [6, 6.07) is 19.3. The Kier molecular flexibility index (Phi) is 11.4. The zero-order valence-electron chi connectivity index (χ0n) is 19.7. The molecule has 3 nitrogen and oxygen atoms in total. The highest BCUT2D eigenvalue weighted by Gasteiger charge is 2.19. The average molecular weight is 438 g/mol. The molecule has 2 rings (SSSR count). The van der Waals surface area contributed by atoms with E-state index in [2.05, 4.69) is 31.3 Å². The van der Waals surface area contributed by atoms with Gasteiger partial charge in [0.15, 0.2) is 8.32 Å². The van der Waals surface area contributed by atoms with Crippen molar-refractivity contribution in [1.29, 1.82) is 5.26 Å². The predicted octanol–water partition coefficient (Wildman–Crippen LogP) is 7.97. The molecular formula is C27H39NO2Si. The minimum absolute atomic E-state index is 0.687. The molecule has 0 aliphatic rings. The van der Waals surface area contributed by atoms with E-state index in [0.717, 1.165) is 29.9 Å². The molecular weight excluding hydrogens is 398 g/mol. The SMILES string of the molecule is CO[Si](C)(C)CCCCCCCCCCCOc1ccc(-c2ccc(C#N)cc2)cc1. The van der Waals surface area contributed by atoms with Gasteiger partial charge in [0.05, 0.1) is 18.2 Å². The maximum atomic E-state index is 8.90. The number of rotatable bonds is 15. The molecule has 0 radical (unpaired) electrons. The largest absolute Gasteiger partial charge is 0.494 e. The van der Waals surface area contributed by atoms with Gasteiger partial charge in [0.1, 0.15) is 5.75 Å². The molecule has 0 heterocycles. The number of ether oxygens (including phenoxy) is 1. The van der Waals surface area contributed by atoms with Crippen LogP contribution in [0.25, 0.3) is 11.1 Å². The van der Waals surface area contributed by atoms with E-state index in [0.29, 0.717) is 5.56 Å². The molecule has 0 bridgehead atoms. The topological polar surface area (TPSA) is 42.2 Å². The first-order valence-corrected chi connectivity index (χ1v) is 14.9. The summed E-state index contributed by atoms with van der Waals surface area (Å²) in [4.78, 5) is 0. The summed E-state index contributed by atoms with van der Waals surface area (Å²) >= 11 is 0. The number of nitrogens with zero attached hydrogens (tertiary/aromatic N) is 1. The average Bonchev–Trinajstić information content (AvgIpc) is 2.80. The van der Waals surface area contributed by atoms with Crippen LogP contribution in [0.15, 0.2) is 48.5 Å². The van der Waals surface area contributed by atoms with E-state index in [9.17, 15) is 0 Å². The van der Waals surface area contributed by atoms with Gasteiger partial charge in [-0.3, -0.25) is 0 Å². The lowest BCUT2D eigenvalue weighted by molar-refractivity contribution is 0.304. The van der Waals surface area contributed by atoms with Gasteiger partial charge in [-0.15, -0.1) is 0 Å². The Hall–Kier alpha value is -2.09. The van der Waals surface area contributed by atoms with Crippen molar-refractivity contribution in [3.05, 3.63) is 54.1 Å². The second-order valence-corrected chi connectivity index (χ2v) is 13.4. The molecule has 0 amide bonds. The molecule has 31 heavy (non-hydrogen) atoms. The van der Waals surface area contributed by atoms with Crippen LogP contribution in [0.1, 0.15) is 63.4 Å². The smallest absolute Gasteiger partial charge is 0.186 e. The van der Waals surface area contributed by atoms with Crippen molar-refractivity contribution in [2.45, 2.75) is 76.9 Å². The van der Waals surface area contributed by atoms with Crippen LogP contribution in [0.5, 0.6) is 5.75 Å². The van der Waals surface area contributed by atoms with Crippen LogP contribution in [-0.4, -0.2) is 22.0 Å². The summed E-state index contributed by atoms with van der Waals surface area (Å²) in [6.07, 6.45) is 11.8. The van der Waals surface area contributed by atoms with Crippen molar-refractivity contribution < 1.29 is 9.16 Å². The Morgan fingerprint density at radius 2 is 1.19 bits per heavy atom. The van der Waals surface area contributed by atoms with E-state index in [1.807, 2.05) is 43.5 Å². The monoisotopic (exact) mass is 437 g/mol. The van der Waals surface area contributed by atoms with Gasteiger partial charge in [-0.1, -0.05) is 75.6 Å². The summed E-state index contributed by atoms with van der Waals surface area (Å²) in [7, 11) is 0.528. The zero-order chi connectivity index (χ0) is 22.4. The van der Waals surface area contributed by atoms with Crippen molar-refractivity contribution in [3.8, 4) is 22.9 Å². The predicted molar refractivity (Wildman–Crippen MR) is 133 cm³/mol. The molecule has 0 fully saturated rings. The van der Waals surface area contributed by atoms with Gasteiger partial charge in [-0.25, -0.2) is 0 Å². The van der Waals surface area contributed by atoms with Gasteiger partial charge in [-0.05, 0) is 61.0 Å². The van der Waals surface area contributed by atoms with E-state index in [4.69, 9.17) is 14.4 Å². The Morgan fingerprint density at radius 1 is 0.710 bits per heavy atom. The lowest BCUT2D eigenvalue weighted by Crippen LogP contribution is -2.27. The molecule has 2 aromatic rings. The molecule has 2 aromatic carbocycles. The number of nitriles is 1. The van der Waals surface area contributed by atoms with Crippen LogP contribution in [0.2, 0.25) is 19.1 Å². The van der Waals surface area contributed by atoms with Crippen LogP contribution in [0.4, 0.5) is 0 Å². The second-order valence-electron chi connectivity index (χ2n) is 8.96. The van der Waals surface area contributed by atoms with E-state index in [1.54, 1.807) is 0 Å². The van der Waals surface area contributed by atoms with Crippen molar-refractivity contribution in [2.75, 3.05) is 13.7 Å². The van der Waals surface area contributed by atoms with Crippen molar-refractivity contribution in [1.82, 2.24) is 0 Å². The molecule has 0 unspecified atom stereocenters. The maximum absolute atomic E-state index is 8.90. The van der Waals surface area contributed by atoms with E-state index in [1.165, 1.54) is 57.4 Å². The number of benzene rings is 2. The first-order valence-electron chi connectivity index (χ1n) is 11.8. The minimum Gasteiger partial charge on any atom is -0.494 e. The molecule has 0 saturated carbocycles. The summed E-state index contributed by atoms with van der Waals surface area (Å²) in [5.74, 6) is 0.928. The van der Waals surface area contributed by atoms with Crippen molar-refractivity contribution in [3.63, 3.8) is 0 Å². The van der Waals surface area contributed by atoms with Crippen molar-refractivity contribution >= 4 is 8.32 Å². The molecule has 0 aliphatic heterocycles. The van der Waals surface area contributed by atoms with Gasteiger partial charge >= 0.3 is 0 Å². The van der Waals surface area contributed by atoms with Gasteiger partial charge in [0.2, 0.25) is 0 Å². The third-order valence-electron chi connectivity index (χ3n) is 5.95. The fraction of sp³-hybridized carbons (Fsp3) is 0.519. The Balaban J connectivity index is 1.48. The molecule has 0 saturated heterocycles. The standard InChI is InChI=1S/C27H39NO2Si/c1-29-31(2,3)22-12-10-8-6-4-5-7-9-11-21-30-27-19-17-26(18-20-27)25-15-13-24(23-28)14-16-25/h13-20H,4-12,21-22H2,1-3H3. The fourth-order valence-electron chi connectivity index (χ4n) is 3.66. The Morgan fingerprint density at radius 3 is 1.71 bits per heavy atom. The van der Waals surface area contributed by atoms with E-state index in [-0.39, 0.29) is 0 Å². The summed E-state index contributed by atoms with van der Waals surface area (Å²) in [5, 5.41) is 8.90. The van der Waals surface area contributed by atoms with Gasteiger partial charge in [0, 0.05) is 7.11 Å². The summed E-state index contributed by atoms with van der Waals surface area (Å²) in [6.45, 7) is 5.40. The maximum Gasteiger partial charge on any atom is 0.186 e. The minimum atomic E-state index is -1.34.